The van der Waals surface area contributed by atoms with Crippen molar-refractivity contribution in [3.05, 3.63) is 28.8 Å². The summed E-state index contributed by atoms with van der Waals surface area (Å²) in [5, 5.41) is 3.38. The molecule has 0 fully saturated rings. The Morgan fingerprint density at radius 3 is 2.67 bits per heavy atom. The number of nitrogens with one attached hydrogen (secondary N) is 1. The summed E-state index contributed by atoms with van der Waals surface area (Å²) in [6.45, 7) is 3.38. The molecule has 0 aliphatic heterocycles. The minimum Gasteiger partial charge on any atom is -0.326 e. The van der Waals surface area contributed by atoms with Crippen LogP contribution < -0.4 is 5.32 Å². The first-order valence-corrected chi connectivity index (χ1v) is 4.01. The molecule has 3 heteroatoms. The Labute approximate surface area is 76.5 Å². The van der Waals surface area contributed by atoms with E-state index in [0.29, 0.717) is 5.02 Å². The van der Waals surface area contributed by atoms with Gasteiger partial charge in [0.25, 0.3) is 0 Å². The molecule has 1 amide bonds. The summed E-state index contributed by atoms with van der Waals surface area (Å²) in [5.41, 5.74) is 1.78. The minimum atomic E-state index is -0.0691. The normalized spacial score (nSPS) is 9.58. The lowest BCUT2D eigenvalue weighted by Gasteiger charge is -2.05. The summed E-state index contributed by atoms with van der Waals surface area (Å²) in [4.78, 5) is 10.7. The zero-order valence-electron chi connectivity index (χ0n) is 7.02. The number of rotatable bonds is 1. The molecule has 0 bridgehead atoms. The van der Waals surface area contributed by atoms with E-state index in [1.54, 1.807) is 12.1 Å². The van der Waals surface area contributed by atoms with Gasteiger partial charge in [0.15, 0.2) is 0 Å². The quantitative estimate of drug-likeness (QED) is 0.713. The van der Waals surface area contributed by atoms with Gasteiger partial charge in [0, 0.05) is 17.6 Å². The van der Waals surface area contributed by atoms with Crippen molar-refractivity contribution in [3.8, 4) is 0 Å². The molecule has 0 radical (unpaired) electrons. The van der Waals surface area contributed by atoms with Crippen LogP contribution in [0.5, 0.6) is 0 Å². The van der Waals surface area contributed by atoms with Crippen molar-refractivity contribution in [1.29, 1.82) is 0 Å². The summed E-state index contributed by atoms with van der Waals surface area (Å²) in [6.07, 6.45) is 0. The van der Waals surface area contributed by atoms with Crippen LogP contribution in [0.25, 0.3) is 0 Å². The topological polar surface area (TPSA) is 29.1 Å². The number of aryl methyl sites for hydroxylation is 1. The van der Waals surface area contributed by atoms with Gasteiger partial charge in [-0.25, -0.2) is 0 Å². The first-order valence-electron chi connectivity index (χ1n) is 3.63. The Morgan fingerprint density at radius 2 is 2.17 bits per heavy atom. The van der Waals surface area contributed by atoms with Crippen molar-refractivity contribution in [1.82, 2.24) is 0 Å². The molecular formula is C9H10ClNO. The number of hydrogen-bond donors (Lipinski definition) is 1. The van der Waals surface area contributed by atoms with E-state index in [4.69, 9.17) is 11.6 Å². The first-order chi connectivity index (χ1) is 5.59. The van der Waals surface area contributed by atoms with E-state index in [2.05, 4.69) is 5.32 Å². The van der Waals surface area contributed by atoms with Crippen LogP contribution >= 0.6 is 11.6 Å². The summed E-state index contributed by atoms with van der Waals surface area (Å²) in [7, 11) is 0. The van der Waals surface area contributed by atoms with Gasteiger partial charge in [-0.05, 0) is 30.7 Å². The highest BCUT2D eigenvalue weighted by molar-refractivity contribution is 6.30. The monoisotopic (exact) mass is 183 g/mol. The second-order valence-corrected chi connectivity index (χ2v) is 3.08. The lowest BCUT2D eigenvalue weighted by Crippen LogP contribution is -2.06. The third kappa shape index (κ3) is 2.24. The Kier molecular flexibility index (Phi) is 2.71. The van der Waals surface area contributed by atoms with Gasteiger partial charge in [-0.1, -0.05) is 11.6 Å². The van der Waals surface area contributed by atoms with E-state index in [-0.39, 0.29) is 5.91 Å². The fraction of sp³-hybridized carbons (Fsp3) is 0.222. The molecule has 1 N–H and O–H groups in total. The molecule has 0 atom stereocenters. The van der Waals surface area contributed by atoms with E-state index in [1.807, 2.05) is 13.0 Å². The molecule has 12 heavy (non-hydrogen) atoms. The van der Waals surface area contributed by atoms with Crippen LogP contribution in [0.1, 0.15) is 12.5 Å². The van der Waals surface area contributed by atoms with Crippen molar-refractivity contribution >= 4 is 23.2 Å². The maximum absolute atomic E-state index is 10.7. The van der Waals surface area contributed by atoms with Crippen LogP contribution in [0.3, 0.4) is 0 Å². The molecule has 2 nitrogen and oxygen atoms in total. The van der Waals surface area contributed by atoms with Crippen LogP contribution in [0.4, 0.5) is 5.69 Å². The Hall–Kier alpha value is -1.02. The smallest absolute Gasteiger partial charge is 0.221 e. The second kappa shape index (κ2) is 3.59. The van der Waals surface area contributed by atoms with Crippen LogP contribution in [0.15, 0.2) is 18.2 Å². The van der Waals surface area contributed by atoms with Gasteiger partial charge < -0.3 is 5.32 Å². The Bertz CT molecular complexity index is 309. The molecule has 0 aromatic heterocycles. The summed E-state index contributed by atoms with van der Waals surface area (Å²) in [6, 6.07) is 5.35. The highest BCUT2D eigenvalue weighted by Gasteiger charge is 1.99. The van der Waals surface area contributed by atoms with Gasteiger partial charge in [-0.15, -0.1) is 0 Å². The Morgan fingerprint density at radius 1 is 1.50 bits per heavy atom. The van der Waals surface area contributed by atoms with Gasteiger partial charge in [0.05, 0.1) is 0 Å². The fourth-order valence-electron chi connectivity index (χ4n) is 0.957. The number of benzene rings is 1. The van der Waals surface area contributed by atoms with Gasteiger partial charge >= 0.3 is 0 Å². The SMILES string of the molecule is CC(=O)Nc1ccc(Cl)cc1C. The lowest BCUT2D eigenvalue weighted by atomic mass is 10.2. The highest BCUT2D eigenvalue weighted by Crippen LogP contribution is 2.19. The van der Waals surface area contributed by atoms with Crippen molar-refractivity contribution in [2.75, 3.05) is 5.32 Å². The van der Waals surface area contributed by atoms with Crippen molar-refractivity contribution in [2.45, 2.75) is 13.8 Å². The number of carbonyl (C=O) groups excluding carboxylic acids is 1. The second-order valence-electron chi connectivity index (χ2n) is 2.64. The minimum absolute atomic E-state index is 0.0691. The van der Waals surface area contributed by atoms with Crippen LogP contribution in [0, 0.1) is 6.92 Å². The third-order valence-electron chi connectivity index (χ3n) is 1.50. The molecule has 0 saturated carbocycles. The van der Waals surface area contributed by atoms with E-state index in [9.17, 15) is 4.79 Å². The van der Waals surface area contributed by atoms with Crippen molar-refractivity contribution in [3.63, 3.8) is 0 Å². The maximum Gasteiger partial charge on any atom is 0.221 e. The van der Waals surface area contributed by atoms with Crippen molar-refractivity contribution < 1.29 is 4.79 Å². The summed E-state index contributed by atoms with van der Waals surface area (Å²) < 4.78 is 0. The number of amides is 1. The molecule has 1 aromatic carbocycles. The average molecular weight is 184 g/mol. The zero-order valence-corrected chi connectivity index (χ0v) is 7.77. The van der Waals surface area contributed by atoms with E-state index in [0.717, 1.165) is 11.3 Å². The van der Waals surface area contributed by atoms with Crippen LogP contribution in [-0.2, 0) is 4.79 Å². The third-order valence-corrected chi connectivity index (χ3v) is 1.73. The predicted molar refractivity (Wildman–Crippen MR) is 50.5 cm³/mol. The molecule has 1 rings (SSSR count). The van der Waals surface area contributed by atoms with Gasteiger partial charge in [0.2, 0.25) is 5.91 Å². The maximum atomic E-state index is 10.7. The number of hydrogen-bond acceptors (Lipinski definition) is 1. The number of carbonyl (C=O) groups is 1. The van der Waals surface area contributed by atoms with Gasteiger partial charge in [-0.2, -0.15) is 0 Å². The van der Waals surface area contributed by atoms with E-state index >= 15 is 0 Å². The van der Waals surface area contributed by atoms with Crippen LogP contribution in [-0.4, -0.2) is 5.91 Å². The molecular weight excluding hydrogens is 174 g/mol. The number of halogens is 1. The predicted octanol–water partition coefficient (Wildman–Crippen LogP) is 2.61. The molecule has 0 aliphatic carbocycles. The molecule has 0 saturated heterocycles. The van der Waals surface area contributed by atoms with Gasteiger partial charge in [-0.3, -0.25) is 4.79 Å². The first kappa shape index (κ1) is 9.07. The highest BCUT2D eigenvalue weighted by atomic mass is 35.5. The summed E-state index contributed by atoms with van der Waals surface area (Å²) >= 11 is 5.74. The molecule has 0 aliphatic rings. The van der Waals surface area contributed by atoms with E-state index < -0.39 is 0 Å². The molecule has 0 heterocycles. The number of anilines is 1. The molecule has 0 spiro atoms. The van der Waals surface area contributed by atoms with Crippen LogP contribution in [0.2, 0.25) is 5.02 Å². The molecule has 64 valence electrons. The molecule has 0 unspecified atom stereocenters. The van der Waals surface area contributed by atoms with E-state index in [1.165, 1.54) is 6.92 Å². The van der Waals surface area contributed by atoms with Gasteiger partial charge in [0.1, 0.15) is 0 Å². The zero-order chi connectivity index (χ0) is 9.14. The average Bonchev–Trinajstić information content (AvgIpc) is 1.94. The Balaban J connectivity index is 2.93. The fourth-order valence-corrected chi connectivity index (χ4v) is 1.18. The largest absolute Gasteiger partial charge is 0.326 e. The summed E-state index contributed by atoms with van der Waals surface area (Å²) in [5.74, 6) is -0.0691. The van der Waals surface area contributed by atoms with Crippen molar-refractivity contribution in [2.24, 2.45) is 0 Å². The molecule has 1 aromatic rings. The lowest BCUT2D eigenvalue weighted by molar-refractivity contribution is -0.114. The standard InChI is InChI=1S/C9H10ClNO/c1-6-5-8(10)3-4-9(6)11-7(2)12/h3-5H,1-2H3,(H,11,12).